The van der Waals surface area contributed by atoms with E-state index < -0.39 is 5.91 Å². The number of nitrogens with one attached hydrogen (secondary N) is 2. The van der Waals surface area contributed by atoms with E-state index in [-0.39, 0.29) is 5.91 Å². The first-order valence-electron chi connectivity index (χ1n) is 7.59. The molecule has 0 spiro atoms. The lowest BCUT2D eigenvalue weighted by Crippen LogP contribution is -2.36. The predicted molar refractivity (Wildman–Crippen MR) is 100.0 cm³/mol. The largest absolute Gasteiger partial charge is 0.361 e. The van der Waals surface area contributed by atoms with Crippen molar-refractivity contribution in [1.82, 2.24) is 10.3 Å². The lowest BCUT2D eigenvalue weighted by Gasteiger charge is -2.18. The molecular weight excluding hydrogens is 382 g/mol. The van der Waals surface area contributed by atoms with Gasteiger partial charge in [-0.05, 0) is 42.5 Å². The molecule has 4 rings (SSSR count). The summed E-state index contributed by atoms with van der Waals surface area (Å²) in [6, 6.07) is 14.8. The Morgan fingerprint density at radius 3 is 2.76 bits per heavy atom. The maximum absolute atomic E-state index is 12.2. The van der Waals surface area contributed by atoms with Crippen LogP contribution < -0.4 is 10.6 Å². The third-order valence-corrected chi connectivity index (χ3v) is 4.47. The molecule has 25 heavy (non-hydrogen) atoms. The van der Waals surface area contributed by atoms with Crippen LogP contribution in [0.1, 0.15) is 15.9 Å². The second kappa shape index (κ2) is 6.14. The minimum absolute atomic E-state index is 0.388. The number of anilines is 1. The van der Waals surface area contributed by atoms with Gasteiger partial charge in [0.2, 0.25) is 0 Å². The number of aromatic nitrogens is 1. The monoisotopic (exact) mass is 393 g/mol. The summed E-state index contributed by atoms with van der Waals surface area (Å²) in [6.07, 6.45) is 3.36. The Labute approximate surface area is 151 Å². The Morgan fingerprint density at radius 1 is 1.00 bits per heavy atom. The first kappa shape index (κ1) is 15.5. The number of pyridine rings is 1. The van der Waals surface area contributed by atoms with Crippen LogP contribution in [0.4, 0.5) is 5.69 Å². The van der Waals surface area contributed by atoms with Gasteiger partial charge in [0.1, 0.15) is 0 Å². The maximum atomic E-state index is 12.2. The summed E-state index contributed by atoms with van der Waals surface area (Å²) in [7, 11) is 0. The molecule has 6 heteroatoms. The molecule has 2 aromatic carbocycles. The summed E-state index contributed by atoms with van der Waals surface area (Å²) < 4.78 is 0.802. The number of carbonyl (C=O) groups excluding carboxylic acids is 2. The first-order valence-corrected chi connectivity index (χ1v) is 8.38. The Balaban J connectivity index is 1.72. The van der Waals surface area contributed by atoms with Crippen molar-refractivity contribution >= 4 is 49.9 Å². The Bertz CT molecular complexity index is 1060. The van der Waals surface area contributed by atoms with E-state index in [0.717, 1.165) is 21.1 Å². The van der Waals surface area contributed by atoms with Gasteiger partial charge in [0.25, 0.3) is 11.8 Å². The third kappa shape index (κ3) is 2.92. The van der Waals surface area contributed by atoms with Crippen molar-refractivity contribution in [2.45, 2.75) is 0 Å². The van der Waals surface area contributed by atoms with Gasteiger partial charge >= 0.3 is 0 Å². The standard InChI is InChI=1S/C19H12BrN3O2/c20-12-3-5-14-15(9-12)16(19(25)23-18(14)24)10-22-13-4-6-17-11(8-13)2-1-7-21-17/h1-10,22H,(H,23,24,25). The molecule has 1 aliphatic heterocycles. The minimum Gasteiger partial charge on any atom is -0.361 e. The molecule has 0 aliphatic carbocycles. The topological polar surface area (TPSA) is 71.1 Å². The molecule has 0 bridgehead atoms. The van der Waals surface area contributed by atoms with E-state index in [1.54, 1.807) is 30.6 Å². The minimum atomic E-state index is -0.425. The number of imide groups is 1. The zero-order valence-electron chi connectivity index (χ0n) is 12.9. The van der Waals surface area contributed by atoms with E-state index in [1.807, 2.05) is 30.3 Å². The van der Waals surface area contributed by atoms with Crippen LogP contribution in [0.25, 0.3) is 16.5 Å². The number of rotatable bonds is 2. The van der Waals surface area contributed by atoms with E-state index in [1.165, 1.54) is 0 Å². The highest BCUT2D eigenvalue weighted by atomic mass is 79.9. The van der Waals surface area contributed by atoms with Gasteiger partial charge < -0.3 is 5.32 Å². The van der Waals surface area contributed by atoms with Crippen molar-refractivity contribution < 1.29 is 9.59 Å². The van der Waals surface area contributed by atoms with Crippen LogP contribution >= 0.6 is 15.9 Å². The van der Waals surface area contributed by atoms with Crippen molar-refractivity contribution in [2.75, 3.05) is 5.32 Å². The fourth-order valence-electron chi connectivity index (χ4n) is 2.76. The molecule has 5 nitrogen and oxygen atoms in total. The van der Waals surface area contributed by atoms with E-state index >= 15 is 0 Å². The van der Waals surface area contributed by atoms with Crippen LogP contribution in [-0.2, 0) is 4.79 Å². The summed E-state index contributed by atoms with van der Waals surface area (Å²) >= 11 is 3.38. The molecule has 1 aliphatic rings. The molecule has 0 fully saturated rings. The number of fused-ring (bicyclic) bond motifs is 2. The molecule has 3 aromatic rings. The molecule has 2 amide bonds. The zero-order valence-corrected chi connectivity index (χ0v) is 14.5. The zero-order chi connectivity index (χ0) is 17.4. The fraction of sp³-hybridized carbons (Fsp3) is 0. The van der Waals surface area contributed by atoms with Gasteiger partial charge in [-0.2, -0.15) is 0 Å². The van der Waals surface area contributed by atoms with Crippen LogP contribution in [0.3, 0.4) is 0 Å². The smallest absolute Gasteiger partial charge is 0.260 e. The summed E-state index contributed by atoms with van der Waals surface area (Å²) in [5.41, 5.74) is 3.20. The molecule has 0 radical (unpaired) electrons. The van der Waals surface area contributed by atoms with Crippen LogP contribution in [0, 0.1) is 0 Å². The summed E-state index contributed by atoms with van der Waals surface area (Å²) in [5.74, 6) is -0.813. The number of amides is 2. The highest BCUT2D eigenvalue weighted by molar-refractivity contribution is 9.10. The number of hydrogen-bond donors (Lipinski definition) is 2. The second-order valence-corrected chi connectivity index (χ2v) is 6.50. The van der Waals surface area contributed by atoms with Crippen molar-refractivity contribution in [2.24, 2.45) is 0 Å². The van der Waals surface area contributed by atoms with Gasteiger partial charge in [-0.3, -0.25) is 19.9 Å². The summed E-state index contributed by atoms with van der Waals surface area (Å²) in [6.45, 7) is 0. The van der Waals surface area contributed by atoms with Crippen LogP contribution in [0.15, 0.2) is 65.4 Å². The number of halogens is 1. The van der Waals surface area contributed by atoms with Gasteiger partial charge in [0, 0.05) is 39.1 Å². The van der Waals surface area contributed by atoms with Gasteiger partial charge in [-0.15, -0.1) is 0 Å². The van der Waals surface area contributed by atoms with Gasteiger partial charge in [-0.25, -0.2) is 0 Å². The Kier molecular flexibility index (Phi) is 3.82. The fourth-order valence-corrected chi connectivity index (χ4v) is 3.12. The maximum Gasteiger partial charge on any atom is 0.260 e. The average Bonchev–Trinajstić information content (AvgIpc) is 2.61. The lowest BCUT2D eigenvalue weighted by molar-refractivity contribution is -0.114. The number of hydrogen-bond acceptors (Lipinski definition) is 4. The molecule has 0 saturated heterocycles. The molecule has 2 N–H and O–H groups in total. The quantitative estimate of drug-likeness (QED) is 0.514. The van der Waals surface area contributed by atoms with Crippen LogP contribution in [-0.4, -0.2) is 16.8 Å². The summed E-state index contributed by atoms with van der Waals surface area (Å²) in [4.78, 5) is 28.5. The van der Waals surface area contributed by atoms with Gasteiger partial charge in [-0.1, -0.05) is 22.0 Å². The highest BCUT2D eigenvalue weighted by Gasteiger charge is 2.27. The molecule has 0 atom stereocenters. The van der Waals surface area contributed by atoms with Crippen molar-refractivity contribution in [3.63, 3.8) is 0 Å². The summed E-state index contributed by atoms with van der Waals surface area (Å²) in [5, 5.41) is 6.49. The molecule has 0 unspecified atom stereocenters. The number of nitrogens with zero attached hydrogens (tertiary/aromatic N) is 1. The number of carbonyl (C=O) groups is 2. The number of benzene rings is 2. The van der Waals surface area contributed by atoms with E-state index in [2.05, 4.69) is 31.5 Å². The van der Waals surface area contributed by atoms with Crippen molar-refractivity contribution in [1.29, 1.82) is 0 Å². The average molecular weight is 394 g/mol. The lowest BCUT2D eigenvalue weighted by atomic mass is 9.95. The Hall–Kier alpha value is -2.99. The molecule has 1 aromatic heterocycles. The van der Waals surface area contributed by atoms with Gasteiger partial charge in [0.15, 0.2) is 0 Å². The SMILES string of the molecule is O=C1NC(=O)c2ccc(Br)cc2C1=CNc1ccc2ncccc2c1. The predicted octanol–water partition coefficient (Wildman–Crippen LogP) is 3.72. The first-order chi connectivity index (χ1) is 12.1. The molecule has 122 valence electrons. The van der Waals surface area contributed by atoms with E-state index in [0.29, 0.717) is 16.7 Å². The second-order valence-electron chi connectivity index (χ2n) is 5.59. The van der Waals surface area contributed by atoms with Crippen LogP contribution in [0.5, 0.6) is 0 Å². The normalized spacial score (nSPS) is 15.2. The van der Waals surface area contributed by atoms with Crippen molar-refractivity contribution in [3.8, 4) is 0 Å². The molecule has 0 saturated carbocycles. The Morgan fingerprint density at radius 2 is 1.88 bits per heavy atom. The van der Waals surface area contributed by atoms with Gasteiger partial charge in [0.05, 0.1) is 11.1 Å². The molecular formula is C19H12BrN3O2. The van der Waals surface area contributed by atoms with Crippen LogP contribution in [0.2, 0.25) is 0 Å². The third-order valence-electron chi connectivity index (χ3n) is 3.97. The van der Waals surface area contributed by atoms with E-state index in [9.17, 15) is 9.59 Å². The van der Waals surface area contributed by atoms with Crippen molar-refractivity contribution in [3.05, 3.63) is 76.5 Å². The molecule has 2 heterocycles. The van der Waals surface area contributed by atoms with E-state index in [4.69, 9.17) is 0 Å². The highest BCUT2D eigenvalue weighted by Crippen LogP contribution is 2.27.